The number of thiazole rings is 1. The monoisotopic (exact) mass is 396 g/mol. The number of amides is 1. The summed E-state index contributed by atoms with van der Waals surface area (Å²) in [7, 11) is 0. The van der Waals surface area contributed by atoms with E-state index < -0.39 is 0 Å². The number of halogens is 1. The normalized spacial score (nSPS) is 11.1. The Morgan fingerprint density at radius 2 is 1.85 bits per heavy atom. The van der Waals surface area contributed by atoms with Gasteiger partial charge in [0, 0.05) is 11.6 Å². The van der Waals surface area contributed by atoms with Gasteiger partial charge < -0.3 is 5.32 Å². The molecule has 0 bridgehead atoms. The van der Waals surface area contributed by atoms with Crippen LogP contribution in [0.15, 0.2) is 42.5 Å². The highest BCUT2D eigenvalue weighted by atomic mass is 35.5. The number of nitrogens with zero attached hydrogens (tertiary/aromatic N) is 3. The van der Waals surface area contributed by atoms with E-state index in [0.717, 1.165) is 27.0 Å². The third-order valence-electron chi connectivity index (χ3n) is 4.25. The van der Waals surface area contributed by atoms with Gasteiger partial charge in [0.25, 0.3) is 5.91 Å². The lowest BCUT2D eigenvalue weighted by molar-refractivity contribution is 0.102. The topological polar surface area (TPSA) is 59.8 Å². The molecule has 0 saturated heterocycles. The van der Waals surface area contributed by atoms with E-state index in [-0.39, 0.29) is 5.91 Å². The molecule has 27 heavy (non-hydrogen) atoms. The molecule has 136 valence electrons. The maximum Gasteiger partial charge on any atom is 0.256 e. The summed E-state index contributed by atoms with van der Waals surface area (Å²) in [5.74, 6) is 0.386. The highest BCUT2D eigenvalue weighted by Crippen LogP contribution is 2.34. The summed E-state index contributed by atoms with van der Waals surface area (Å²) < 4.78 is 2.57. The lowest BCUT2D eigenvalue weighted by atomic mass is 10.1. The second-order valence-corrected chi connectivity index (χ2v) is 7.83. The molecule has 0 aliphatic carbocycles. The molecule has 7 heteroatoms. The molecule has 0 aliphatic heterocycles. The molecule has 1 amide bonds. The van der Waals surface area contributed by atoms with Crippen LogP contribution in [0, 0.1) is 20.8 Å². The van der Waals surface area contributed by atoms with Crippen LogP contribution >= 0.6 is 22.9 Å². The first-order valence-corrected chi connectivity index (χ1v) is 9.62. The van der Waals surface area contributed by atoms with E-state index in [4.69, 9.17) is 16.6 Å². The predicted molar refractivity (Wildman–Crippen MR) is 110 cm³/mol. The fraction of sp³-hybridized carbons (Fsp3) is 0.150. The smallest absolute Gasteiger partial charge is 0.256 e. The van der Waals surface area contributed by atoms with Crippen molar-refractivity contribution in [3.63, 3.8) is 0 Å². The molecule has 4 aromatic rings. The quantitative estimate of drug-likeness (QED) is 0.510. The molecular weight excluding hydrogens is 380 g/mol. The number of hydrogen-bond donors (Lipinski definition) is 1. The molecule has 0 unspecified atom stereocenters. The molecule has 2 aromatic carbocycles. The Hall–Kier alpha value is -2.70. The third-order valence-corrected chi connectivity index (χ3v) is 5.75. The Bertz CT molecular complexity index is 1120. The van der Waals surface area contributed by atoms with Crippen LogP contribution in [-0.4, -0.2) is 20.7 Å². The van der Waals surface area contributed by atoms with Gasteiger partial charge in [-0.05, 0) is 44.5 Å². The molecular formula is C20H17ClN4OS. The van der Waals surface area contributed by atoms with Crippen molar-refractivity contribution >= 4 is 44.9 Å². The number of carbonyl (C=O) groups excluding carboxylic acids is 1. The van der Waals surface area contributed by atoms with Crippen molar-refractivity contribution in [2.45, 2.75) is 20.8 Å². The Morgan fingerprint density at radius 1 is 1.11 bits per heavy atom. The molecule has 0 aliphatic rings. The minimum absolute atomic E-state index is 0.188. The van der Waals surface area contributed by atoms with E-state index in [9.17, 15) is 4.79 Å². The lowest BCUT2D eigenvalue weighted by Crippen LogP contribution is -2.15. The summed E-state index contributed by atoms with van der Waals surface area (Å²) in [5.41, 5.74) is 4.39. The molecule has 5 nitrogen and oxygen atoms in total. The van der Waals surface area contributed by atoms with Crippen LogP contribution in [0.3, 0.4) is 0 Å². The highest BCUT2D eigenvalue weighted by Gasteiger charge is 2.17. The van der Waals surface area contributed by atoms with Crippen molar-refractivity contribution in [1.82, 2.24) is 14.8 Å². The Balaban J connectivity index is 1.73. The van der Waals surface area contributed by atoms with Gasteiger partial charge in [0.2, 0.25) is 5.13 Å². The van der Waals surface area contributed by atoms with Crippen LogP contribution in [0.4, 0.5) is 5.82 Å². The number of nitrogens with one attached hydrogen (secondary N) is 1. The van der Waals surface area contributed by atoms with E-state index in [2.05, 4.69) is 10.4 Å². The third kappa shape index (κ3) is 3.34. The average Bonchev–Trinajstić information content (AvgIpc) is 3.23. The van der Waals surface area contributed by atoms with Crippen molar-refractivity contribution in [2.75, 3.05) is 5.32 Å². The summed E-state index contributed by atoms with van der Waals surface area (Å²) >= 11 is 7.77. The van der Waals surface area contributed by atoms with E-state index in [1.807, 2.05) is 51.1 Å². The number of fused-ring (bicyclic) bond motifs is 1. The van der Waals surface area contributed by atoms with Crippen molar-refractivity contribution in [3.05, 3.63) is 69.9 Å². The summed E-state index contributed by atoms with van der Waals surface area (Å²) in [6.45, 7) is 5.86. The molecule has 0 saturated carbocycles. The summed E-state index contributed by atoms with van der Waals surface area (Å²) in [4.78, 5) is 17.3. The van der Waals surface area contributed by atoms with Gasteiger partial charge in [-0.1, -0.05) is 46.7 Å². The van der Waals surface area contributed by atoms with Crippen molar-refractivity contribution < 1.29 is 4.79 Å². The molecule has 1 N–H and O–H groups in total. The van der Waals surface area contributed by atoms with Crippen molar-refractivity contribution in [3.8, 4) is 5.13 Å². The van der Waals surface area contributed by atoms with Gasteiger partial charge >= 0.3 is 0 Å². The summed E-state index contributed by atoms with van der Waals surface area (Å²) in [5, 5.41) is 8.76. The van der Waals surface area contributed by atoms with Crippen molar-refractivity contribution in [1.29, 1.82) is 0 Å². The lowest BCUT2D eigenvalue weighted by Gasteiger charge is -2.06. The number of carbonyl (C=O) groups is 1. The highest BCUT2D eigenvalue weighted by molar-refractivity contribution is 7.21. The second kappa shape index (κ2) is 6.79. The first kappa shape index (κ1) is 17.7. The molecule has 4 rings (SSSR count). The zero-order valence-corrected chi connectivity index (χ0v) is 16.6. The molecule has 0 radical (unpaired) electrons. The van der Waals surface area contributed by atoms with Crippen LogP contribution < -0.4 is 5.32 Å². The van der Waals surface area contributed by atoms with E-state index in [0.29, 0.717) is 21.5 Å². The van der Waals surface area contributed by atoms with Crippen LogP contribution in [0.1, 0.15) is 27.2 Å². The summed E-state index contributed by atoms with van der Waals surface area (Å²) in [6.07, 6.45) is 0. The fourth-order valence-corrected chi connectivity index (χ4v) is 4.09. The Morgan fingerprint density at radius 3 is 2.56 bits per heavy atom. The van der Waals surface area contributed by atoms with Crippen LogP contribution in [0.25, 0.3) is 15.3 Å². The number of hydrogen-bond acceptors (Lipinski definition) is 4. The number of rotatable bonds is 3. The minimum atomic E-state index is -0.188. The number of anilines is 1. The number of aromatic nitrogens is 3. The van der Waals surface area contributed by atoms with E-state index in [1.54, 1.807) is 16.8 Å². The van der Waals surface area contributed by atoms with E-state index >= 15 is 0 Å². The molecule has 0 spiro atoms. The van der Waals surface area contributed by atoms with Gasteiger partial charge in [0.1, 0.15) is 5.82 Å². The molecule has 2 heterocycles. The Labute approximate surface area is 165 Å². The van der Waals surface area contributed by atoms with Crippen molar-refractivity contribution in [2.24, 2.45) is 0 Å². The van der Waals surface area contributed by atoms with Gasteiger partial charge in [0.15, 0.2) is 0 Å². The predicted octanol–water partition coefficient (Wildman–Crippen LogP) is 5.31. The number of benzene rings is 2. The molecule has 0 atom stereocenters. The van der Waals surface area contributed by atoms with Gasteiger partial charge in [-0.15, -0.1) is 0 Å². The largest absolute Gasteiger partial charge is 0.306 e. The van der Waals surface area contributed by atoms with Gasteiger partial charge in [-0.3, -0.25) is 4.79 Å². The number of aryl methyl sites for hydroxylation is 3. The van der Waals surface area contributed by atoms with Crippen LogP contribution in [-0.2, 0) is 0 Å². The van der Waals surface area contributed by atoms with Gasteiger partial charge in [-0.25, -0.2) is 4.98 Å². The average molecular weight is 397 g/mol. The zero-order valence-electron chi connectivity index (χ0n) is 15.1. The maximum absolute atomic E-state index is 12.6. The van der Waals surface area contributed by atoms with Crippen LogP contribution in [0.5, 0.6) is 0 Å². The first-order chi connectivity index (χ1) is 12.9. The zero-order chi connectivity index (χ0) is 19.1. The SMILES string of the molecule is Cc1ccc(C(=O)Nc2cc(C)nn2-c2nc3c(C)ccc(Cl)c3s2)cc1. The van der Waals surface area contributed by atoms with E-state index in [1.165, 1.54) is 11.3 Å². The van der Waals surface area contributed by atoms with Crippen LogP contribution in [0.2, 0.25) is 5.02 Å². The summed E-state index contributed by atoms with van der Waals surface area (Å²) in [6, 6.07) is 13.1. The van der Waals surface area contributed by atoms with Gasteiger partial charge in [-0.2, -0.15) is 9.78 Å². The fourth-order valence-electron chi connectivity index (χ4n) is 2.81. The standard InChI is InChI=1S/C20H17ClN4OS/c1-11-4-7-14(8-5-11)19(26)22-16-10-13(3)24-25(16)20-23-17-12(2)6-9-15(21)18(17)27-20/h4-10H,1-3H3,(H,22,26). The maximum atomic E-state index is 12.6. The first-order valence-electron chi connectivity index (χ1n) is 8.43. The Kier molecular flexibility index (Phi) is 4.45. The van der Waals surface area contributed by atoms with Gasteiger partial charge in [0.05, 0.1) is 20.9 Å². The minimum Gasteiger partial charge on any atom is -0.306 e. The molecule has 0 fully saturated rings. The molecule has 2 aromatic heterocycles. The second-order valence-electron chi connectivity index (χ2n) is 6.44.